The number of aromatic nitrogens is 2. The molecule has 1 N–H and O–H groups in total. The first-order chi connectivity index (χ1) is 12.5. The molecule has 1 aromatic heterocycles. The molecular weight excluding hydrogens is 356 g/mol. The highest BCUT2D eigenvalue weighted by molar-refractivity contribution is 7.89. The molecular formula is C17H24N4O4S. The van der Waals surface area contributed by atoms with Crippen LogP contribution in [0.15, 0.2) is 29.4 Å². The van der Waals surface area contributed by atoms with Gasteiger partial charge >= 0.3 is 0 Å². The lowest BCUT2D eigenvalue weighted by Crippen LogP contribution is -2.35. The Hall–Kier alpha value is -1.97. The van der Waals surface area contributed by atoms with E-state index in [4.69, 9.17) is 4.74 Å². The van der Waals surface area contributed by atoms with E-state index >= 15 is 0 Å². The van der Waals surface area contributed by atoms with E-state index < -0.39 is 10.0 Å². The molecule has 2 aromatic rings. The van der Waals surface area contributed by atoms with E-state index in [-0.39, 0.29) is 17.4 Å². The number of ether oxygens (including phenoxy) is 1. The van der Waals surface area contributed by atoms with Gasteiger partial charge in [0.05, 0.1) is 22.3 Å². The van der Waals surface area contributed by atoms with Crippen LogP contribution in [0.25, 0.3) is 11.0 Å². The molecule has 0 atom stereocenters. The Balaban J connectivity index is 1.73. The van der Waals surface area contributed by atoms with Gasteiger partial charge < -0.3 is 14.6 Å². The highest BCUT2D eigenvalue weighted by Crippen LogP contribution is 2.23. The molecule has 0 unspecified atom stereocenters. The van der Waals surface area contributed by atoms with Gasteiger partial charge in [-0.2, -0.15) is 4.31 Å². The number of nitrogens with one attached hydrogen (secondary N) is 1. The number of fused-ring (bicyclic) bond motifs is 1. The maximum absolute atomic E-state index is 12.8. The van der Waals surface area contributed by atoms with Crippen LogP contribution in [-0.2, 0) is 26.1 Å². The SMILES string of the molecule is COCC(=O)NCCn1cnc2cc(S(=O)(=O)N3CCCCC3)ccc21. The number of hydrogen-bond donors (Lipinski definition) is 1. The summed E-state index contributed by atoms with van der Waals surface area (Å²) in [6.45, 7) is 2.18. The molecule has 1 aromatic carbocycles. The van der Waals surface area contributed by atoms with Crippen LogP contribution in [0.2, 0.25) is 0 Å². The zero-order chi connectivity index (χ0) is 18.6. The largest absolute Gasteiger partial charge is 0.375 e. The molecule has 1 saturated heterocycles. The van der Waals surface area contributed by atoms with Crippen LogP contribution in [0.4, 0.5) is 0 Å². The number of amides is 1. The van der Waals surface area contributed by atoms with E-state index in [0.717, 1.165) is 24.8 Å². The van der Waals surface area contributed by atoms with Gasteiger partial charge in [0, 0.05) is 33.3 Å². The van der Waals surface area contributed by atoms with E-state index in [0.29, 0.717) is 31.7 Å². The van der Waals surface area contributed by atoms with Crippen molar-refractivity contribution in [3.05, 3.63) is 24.5 Å². The molecule has 1 aliphatic rings. The standard InChI is InChI=1S/C17H24N4O4S/c1-25-12-17(22)18-7-10-20-13-19-15-11-14(5-6-16(15)20)26(23,24)21-8-3-2-4-9-21/h5-6,11,13H,2-4,7-10,12H2,1H3,(H,18,22). The molecule has 0 bridgehead atoms. The molecule has 0 aliphatic carbocycles. The van der Waals surface area contributed by atoms with Crippen LogP contribution in [0.1, 0.15) is 19.3 Å². The number of carbonyl (C=O) groups is 1. The number of methoxy groups -OCH3 is 1. The second-order valence-corrected chi connectivity index (χ2v) is 8.27. The molecule has 142 valence electrons. The molecule has 9 heteroatoms. The van der Waals surface area contributed by atoms with Crippen molar-refractivity contribution in [2.75, 3.05) is 33.4 Å². The first-order valence-electron chi connectivity index (χ1n) is 8.73. The zero-order valence-electron chi connectivity index (χ0n) is 14.8. The number of hydrogen-bond acceptors (Lipinski definition) is 5. The van der Waals surface area contributed by atoms with Crippen molar-refractivity contribution in [2.45, 2.75) is 30.7 Å². The molecule has 0 saturated carbocycles. The zero-order valence-corrected chi connectivity index (χ0v) is 15.7. The molecule has 1 amide bonds. The minimum atomic E-state index is -3.47. The number of imidazole rings is 1. The maximum atomic E-state index is 12.8. The molecule has 1 fully saturated rings. The number of piperidine rings is 1. The molecule has 3 rings (SSSR count). The van der Waals surface area contributed by atoms with Crippen LogP contribution >= 0.6 is 0 Å². The third-order valence-electron chi connectivity index (χ3n) is 4.50. The Morgan fingerprint density at radius 1 is 1.27 bits per heavy atom. The van der Waals surface area contributed by atoms with Crippen molar-refractivity contribution >= 4 is 27.0 Å². The topological polar surface area (TPSA) is 93.5 Å². The fraction of sp³-hybridized carbons (Fsp3) is 0.529. The highest BCUT2D eigenvalue weighted by atomic mass is 32.2. The van der Waals surface area contributed by atoms with Gasteiger partial charge in [-0.25, -0.2) is 13.4 Å². The number of benzene rings is 1. The van der Waals surface area contributed by atoms with Gasteiger partial charge in [0.15, 0.2) is 0 Å². The Morgan fingerprint density at radius 3 is 2.77 bits per heavy atom. The Kier molecular flexibility index (Phi) is 5.90. The lowest BCUT2D eigenvalue weighted by atomic mass is 10.2. The fourth-order valence-corrected chi connectivity index (χ4v) is 4.67. The van der Waals surface area contributed by atoms with Gasteiger partial charge in [-0.15, -0.1) is 0 Å². The minimum Gasteiger partial charge on any atom is -0.375 e. The summed E-state index contributed by atoms with van der Waals surface area (Å²) in [6.07, 6.45) is 4.55. The van der Waals surface area contributed by atoms with Gasteiger partial charge in [0.2, 0.25) is 15.9 Å². The summed E-state index contributed by atoms with van der Waals surface area (Å²) in [7, 11) is -1.99. The molecule has 26 heavy (non-hydrogen) atoms. The molecule has 0 spiro atoms. The summed E-state index contributed by atoms with van der Waals surface area (Å²) in [6, 6.07) is 5.03. The van der Waals surface area contributed by atoms with E-state index in [2.05, 4.69) is 10.3 Å². The average Bonchev–Trinajstić information content (AvgIpc) is 3.05. The Morgan fingerprint density at radius 2 is 2.04 bits per heavy atom. The summed E-state index contributed by atoms with van der Waals surface area (Å²) >= 11 is 0. The first kappa shape index (κ1) is 18.8. The van der Waals surface area contributed by atoms with Crippen molar-refractivity contribution in [3.63, 3.8) is 0 Å². The average molecular weight is 380 g/mol. The summed E-state index contributed by atoms with van der Waals surface area (Å²) < 4.78 is 33.8. The van der Waals surface area contributed by atoms with E-state index in [1.54, 1.807) is 28.8 Å². The smallest absolute Gasteiger partial charge is 0.246 e. The minimum absolute atomic E-state index is 0.0302. The summed E-state index contributed by atoms with van der Waals surface area (Å²) in [5, 5.41) is 2.75. The van der Waals surface area contributed by atoms with Gasteiger partial charge in [-0.3, -0.25) is 4.79 Å². The van der Waals surface area contributed by atoms with E-state index in [1.165, 1.54) is 7.11 Å². The van der Waals surface area contributed by atoms with Gasteiger partial charge in [-0.1, -0.05) is 6.42 Å². The highest BCUT2D eigenvalue weighted by Gasteiger charge is 2.26. The molecule has 2 heterocycles. The number of carbonyl (C=O) groups excluding carboxylic acids is 1. The summed E-state index contributed by atoms with van der Waals surface area (Å²) in [5.41, 5.74) is 1.47. The third kappa shape index (κ3) is 4.05. The van der Waals surface area contributed by atoms with Crippen molar-refractivity contribution < 1.29 is 17.9 Å². The number of rotatable bonds is 7. The van der Waals surface area contributed by atoms with Crippen LogP contribution in [-0.4, -0.2) is 61.5 Å². The van der Waals surface area contributed by atoms with Gasteiger partial charge in [0.1, 0.15) is 6.61 Å². The third-order valence-corrected chi connectivity index (χ3v) is 6.39. The number of nitrogens with zero attached hydrogens (tertiary/aromatic N) is 3. The maximum Gasteiger partial charge on any atom is 0.246 e. The number of sulfonamides is 1. The van der Waals surface area contributed by atoms with Crippen LogP contribution < -0.4 is 5.32 Å². The van der Waals surface area contributed by atoms with Crippen molar-refractivity contribution in [2.24, 2.45) is 0 Å². The molecule has 8 nitrogen and oxygen atoms in total. The summed E-state index contributed by atoms with van der Waals surface area (Å²) in [4.78, 5) is 16.0. The lowest BCUT2D eigenvalue weighted by molar-refractivity contribution is -0.124. The predicted octanol–water partition coefficient (Wildman–Crippen LogP) is 0.974. The predicted molar refractivity (Wildman–Crippen MR) is 97.2 cm³/mol. The quantitative estimate of drug-likeness (QED) is 0.773. The first-order valence-corrected chi connectivity index (χ1v) is 10.2. The van der Waals surface area contributed by atoms with Gasteiger partial charge in [-0.05, 0) is 31.0 Å². The van der Waals surface area contributed by atoms with Crippen LogP contribution in [0, 0.1) is 0 Å². The normalized spacial score (nSPS) is 16.0. The fourth-order valence-electron chi connectivity index (χ4n) is 3.13. The lowest BCUT2D eigenvalue weighted by Gasteiger charge is -2.25. The van der Waals surface area contributed by atoms with Crippen molar-refractivity contribution in [1.82, 2.24) is 19.2 Å². The van der Waals surface area contributed by atoms with E-state index in [9.17, 15) is 13.2 Å². The van der Waals surface area contributed by atoms with Crippen molar-refractivity contribution in [1.29, 1.82) is 0 Å². The Bertz CT molecular complexity index is 872. The second-order valence-electron chi connectivity index (χ2n) is 6.34. The van der Waals surface area contributed by atoms with E-state index in [1.807, 2.05) is 4.57 Å². The molecule has 0 radical (unpaired) electrons. The van der Waals surface area contributed by atoms with Gasteiger partial charge in [0.25, 0.3) is 0 Å². The monoisotopic (exact) mass is 380 g/mol. The van der Waals surface area contributed by atoms with Crippen molar-refractivity contribution in [3.8, 4) is 0 Å². The van der Waals surface area contributed by atoms with Crippen LogP contribution in [0.3, 0.4) is 0 Å². The van der Waals surface area contributed by atoms with Crippen LogP contribution in [0.5, 0.6) is 0 Å². The summed E-state index contributed by atoms with van der Waals surface area (Å²) in [5.74, 6) is -0.174. The Labute approximate surface area is 153 Å². The second kappa shape index (κ2) is 8.15. The molecule has 1 aliphatic heterocycles.